The molecule has 0 saturated carbocycles. The monoisotopic (exact) mass is 318 g/mol. The number of nitrogens with one attached hydrogen (secondary N) is 2. The summed E-state index contributed by atoms with van der Waals surface area (Å²) in [6.45, 7) is 2.10. The summed E-state index contributed by atoms with van der Waals surface area (Å²) in [5.41, 5.74) is 0.638. The van der Waals surface area contributed by atoms with Crippen molar-refractivity contribution >= 4 is 33.3 Å². The third kappa shape index (κ3) is 4.39. The number of halogens is 1. The molecule has 2 heterocycles. The lowest BCUT2D eigenvalue weighted by molar-refractivity contribution is -0.116. The van der Waals surface area contributed by atoms with Crippen molar-refractivity contribution < 1.29 is 13.2 Å². The van der Waals surface area contributed by atoms with Crippen molar-refractivity contribution in [2.24, 2.45) is 0 Å². The Morgan fingerprint density at radius 2 is 2.30 bits per heavy atom. The van der Waals surface area contributed by atoms with E-state index in [1.165, 1.54) is 0 Å². The summed E-state index contributed by atoms with van der Waals surface area (Å²) in [4.78, 5) is 19.8. The van der Waals surface area contributed by atoms with Crippen molar-refractivity contribution in [2.45, 2.75) is 19.4 Å². The van der Waals surface area contributed by atoms with E-state index in [-0.39, 0.29) is 41.0 Å². The van der Waals surface area contributed by atoms with E-state index < -0.39 is 9.84 Å². The molecule has 9 heteroatoms. The maximum Gasteiger partial charge on any atom is 0.231 e. The molecule has 1 aromatic heterocycles. The zero-order valence-electron chi connectivity index (χ0n) is 10.9. The summed E-state index contributed by atoms with van der Waals surface area (Å²) in [6.07, 6.45) is 0.0498. The Bertz CT molecular complexity index is 600. The van der Waals surface area contributed by atoms with Crippen LogP contribution < -0.4 is 10.6 Å². The molecule has 1 saturated heterocycles. The van der Waals surface area contributed by atoms with E-state index in [1.807, 2.05) is 0 Å². The maximum absolute atomic E-state index is 11.8. The van der Waals surface area contributed by atoms with Crippen LogP contribution >= 0.6 is 11.6 Å². The van der Waals surface area contributed by atoms with E-state index in [1.54, 1.807) is 13.0 Å². The Balaban J connectivity index is 1.95. The Morgan fingerprint density at radius 3 is 2.95 bits per heavy atom. The first-order valence-corrected chi connectivity index (χ1v) is 8.29. The van der Waals surface area contributed by atoms with Gasteiger partial charge in [-0.1, -0.05) is 11.6 Å². The number of rotatable bonds is 3. The highest BCUT2D eigenvalue weighted by atomic mass is 35.5. The number of hydrogen-bond acceptors (Lipinski definition) is 6. The molecule has 1 unspecified atom stereocenters. The van der Waals surface area contributed by atoms with Crippen LogP contribution in [0.2, 0.25) is 5.15 Å². The van der Waals surface area contributed by atoms with Crippen molar-refractivity contribution in [1.29, 1.82) is 0 Å². The van der Waals surface area contributed by atoms with Gasteiger partial charge in [0.2, 0.25) is 11.9 Å². The minimum absolute atomic E-state index is 0.0319. The third-order valence-electron chi connectivity index (χ3n) is 2.81. The number of aryl methyl sites for hydroxylation is 1. The molecule has 1 atom stereocenters. The minimum atomic E-state index is -3.06. The number of carbonyl (C=O) groups is 1. The van der Waals surface area contributed by atoms with E-state index in [0.29, 0.717) is 12.2 Å². The van der Waals surface area contributed by atoms with Gasteiger partial charge in [-0.15, -0.1) is 0 Å². The van der Waals surface area contributed by atoms with Crippen molar-refractivity contribution in [1.82, 2.24) is 15.3 Å². The van der Waals surface area contributed by atoms with Gasteiger partial charge in [0.15, 0.2) is 9.84 Å². The lowest BCUT2D eigenvalue weighted by Gasteiger charge is -2.22. The molecule has 20 heavy (non-hydrogen) atoms. The van der Waals surface area contributed by atoms with Gasteiger partial charge in [0.25, 0.3) is 0 Å². The van der Waals surface area contributed by atoms with Gasteiger partial charge >= 0.3 is 0 Å². The van der Waals surface area contributed by atoms with Crippen LogP contribution in [0.4, 0.5) is 5.95 Å². The first kappa shape index (κ1) is 15.1. The molecule has 110 valence electrons. The summed E-state index contributed by atoms with van der Waals surface area (Å²) in [5, 5.41) is 5.77. The van der Waals surface area contributed by atoms with E-state index >= 15 is 0 Å². The summed E-state index contributed by atoms with van der Waals surface area (Å²) in [5.74, 6) is -0.141. The smallest absolute Gasteiger partial charge is 0.231 e. The van der Waals surface area contributed by atoms with Crippen LogP contribution in [0.1, 0.15) is 12.1 Å². The Kier molecular flexibility index (Phi) is 4.56. The predicted molar refractivity (Wildman–Crippen MR) is 75.5 cm³/mol. The molecule has 0 bridgehead atoms. The fourth-order valence-corrected chi connectivity index (χ4v) is 3.67. The standard InChI is InChI=1S/C11H15ClN4O3S/c1-7-4-9(12)15-11(14-7)16-10(17)5-8-6-20(18,19)3-2-13-8/h4,8,13H,2-3,5-6H2,1H3,(H,14,15,16,17). The first-order valence-electron chi connectivity index (χ1n) is 6.09. The summed E-state index contributed by atoms with van der Waals surface area (Å²) >= 11 is 5.77. The number of anilines is 1. The number of nitrogens with zero attached hydrogens (tertiary/aromatic N) is 2. The lowest BCUT2D eigenvalue weighted by atomic mass is 10.2. The van der Waals surface area contributed by atoms with Crippen LogP contribution in [0.3, 0.4) is 0 Å². The molecule has 2 rings (SSSR count). The largest absolute Gasteiger partial charge is 0.311 e. The maximum atomic E-state index is 11.8. The summed E-state index contributed by atoms with van der Waals surface area (Å²) < 4.78 is 23.0. The van der Waals surface area contributed by atoms with Crippen LogP contribution in [0, 0.1) is 6.92 Å². The molecule has 1 amide bonds. The van der Waals surface area contributed by atoms with Gasteiger partial charge in [-0.05, 0) is 13.0 Å². The fourth-order valence-electron chi connectivity index (χ4n) is 1.98. The molecule has 0 aliphatic carbocycles. The average Bonchev–Trinajstić information content (AvgIpc) is 2.25. The quantitative estimate of drug-likeness (QED) is 0.770. The Labute approximate surface area is 122 Å². The second kappa shape index (κ2) is 6.02. The average molecular weight is 319 g/mol. The third-order valence-corrected chi connectivity index (χ3v) is 4.74. The van der Waals surface area contributed by atoms with Crippen molar-refractivity contribution in [2.75, 3.05) is 23.4 Å². The molecule has 0 spiro atoms. The van der Waals surface area contributed by atoms with Crippen LogP contribution in [-0.4, -0.2) is 48.4 Å². The molecule has 0 aromatic carbocycles. The topological polar surface area (TPSA) is 101 Å². The van der Waals surface area contributed by atoms with E-state index in [4.69, 9.17) is 11.6 Å². The second-order valence-electron chi connectivity index (χ2n) is 4.67. The Morgan fingerprint density at radius 1 is 1.55 bits per heavy atom. The van der Waals surface area contributed by atoms with Gasteiger partial charge in [0.05, 0.1) is 11.5 Å². The molecular weight excluding hydrogens is 304 g/mol. The van der Waals surface area contributed by atoms with Gasteiger partial charge in [-0.2, -0.15) is 0 Å². The molecule has 1 aliphatic rings. The van der Waals surface area contributed by atoms with Crippen LogP contribution in [-0.2, 0) is 14.6 Å². The van der Waals surface area contributed by atoms with E-state index in [9.17, 15) is 13.2 Å². The number of hydrogen-bond donors (Lipinski definition) is 2. The predicted octanol–water partition coefficient (Wildman–Crippen LogP) is 0.154. The van der Waals surface area contributed by atoms with Crippen LogP contribution in [0.5, 0.6) is 0 Å². The van der Waals surface area contributed by atoms with Gasteiger partial charge < -0.3 is 5.32 Å². The Hall–Kier alpha value is -1.25. The van der Waals surface area contributed by atoms with E-state index in [0.717, 1.165) is 0 Å². The first-order chi connectivity index (χ1) is 9.34. The fraction of sp³-hybridized carbons (Fsp3) is 0.545. The number of carbonyl (C=O) groups excluding carboxylic acids is 1. The minimum Gasteiger partial charge on any atom is -0.311 e. The van der Waals surface area contributed by atoms with Crippen molar-refractivity contribution in [3.8, 4) is 0 Å². The van der Waals surface area contributed by atoms with Gasteiger partial charge in [0, 0.05) is 24.7 Å². The molecule has 1 aliphatic heterocycles. The number of sulfone groups is 1. The van der Waals surface area contributed by atoms with Crippen LogP contribution in [0.25, 0.3) is 0 Å². The highest BCUT2D eigenvalue weighted by Gasteiger charge is 2.26. The highest BCUT2D eigenvalue weighted by Crippen LogP contribution is 2.11. The number of aromatic nitrogens is 2. The summed E-state index contributed by atoms with van der Waals surface area (Å²) in [6, 6.07) is 1.20. The molecular formula is C11H15ClN4O3S. The lowest BCUT2D eigenvalue weighted by Crippen LogP contribution is -2.46. The van der Waals surface area contributed by atoms with Gasteiger partial charge in [-0.25, -0.2) is 18.4 Å². The molecule has 2 N–H and O–H groups in total. The molecule has 7 nitrogen and oxygen atoms in total. The second-order valence-corrected chi connectivity index (χ2v) is 7.29. The van der Waals surface area contributed by atoms with Crippen molar-refractivity contribution in [3.05, 3.63) is 16.9 Å². The number of amides is 1. The van der Waals surface area contributed by atoms with Crippen LogP contribution in [0.15, 0.2) is 6.07 Å². The zero-order chi connectivity index (χ0) is 14.8. The van der Waals surface area contributed by atoms with E-state index in [2.05, 4.69) is 20.6 Å². The van der Waals surface area contributed by atoms with Crippen molar-refractivity contribution in [3.63, 3.8) is 0 Å². The molecule has 0 radical (unpaired) electrons. The zero-order valence-corrected chi connectivity index (χ0v) is 12.5. The molecule has 1 fully saturated rings. The summed E-state index contributed by atoms with van der Waals surface area (Å²) in [7, 11) is -3.06. The normalized spacial score (nSPS) is 21.4. The van der Waals surface area contributed by atoms with Gasteiger partial charge in [0.1, 0.15) is 5.15 Å². The SMILES string of the molecule is Cc1cc(Cl)nc(NC(=O)CC2CS(=O)(=O)CCN2)n1. The van der Waals surface area contributed by atoms with Gasteiger partial charge in [-0.3, -0.25) is 10.1 Å². The highest BCUT2D eigenvalue weighted by molar-refractivity contribution is 7.91. The molecule has 1 aromatic rings.